The maximum atomic E-state index is 14.7. The van der Waals surface area contributed by atoms with Gasteiger partial charge in [-0.3, -0.25) is 4.98 Å². The number of hydrogen-bond acceptors (Lipinski definition) is 5. The predicted molar refractivity (Wildman–Crippen MR) is 101 cm³/mol. The lowest BCUT2D eigenvalue weighted by Gasteiger charge is -2.09. The number of fused-ring (bicyclic) bond motifs is 1. The molecular weight excluding hydrogens is 345 g/mol. The van der Waals surface area contributed by atoms with Crippen molar-refractivity contribution in [2.75, 3.05) is 0 Å². The molecule has 0 amide bonds. The van der Waals surface area contributed by atoms with Crippen LogP contribution in [0, 0.1) is 5.82 Å². The molecule has 0 bridgehead atoms. The van der Waals surface area contributed by atoms with E-state index in [-0.39, 0.29) is 18.5 Å². The fourth-order valence-corrected chi connectivity index (χ4v) is 2.95. The van der Waals surface area contributed by atoms with E-state index in [1.54, 1.807) is 22.9 Å². The van der Waals surface area contributed by atoms with Crippen LogP contribution in [-0.4, -0.2) is 24.9 Å². The third kappa shape index (κ3) is 3.18. The Morgan fingerprint density at radius 3 is 2.74 bits per heavy atom. The van der Waals surface area contributed by atoms with Crippen LogP contribution in [0.5, 0.6) is 0 Å². The highest BCUT2D eigenvalue weighted by atomic mass is 19.1. The average Bonchev–Trinajstić information content (AvgIpc) is 3.12. The number of halogens is 1. The summed E-state index contributed by atoms with van der Waals surface area (Å²) in [6.45, 7) is 1.67. The molecule has 7 heteroatoms. The van der Waals surface area contributed by atoms with Gasteiger partial charge in [0.1, 0.15) is 5.82 Å². The molecule has 0 saturated carbocycles. The van der Waals surface area contributed by atoms with Crippen LogP contribution in [0.3, 0.4) is 0 Å². The van der Waals surface area contributed by atoms with Crippen molar-refractivity contribution in [3.05, 3.63) is 71.9 Å². The van der Waals surface area contributed by atoms with Crippen LogP contribution in [0.25, 0.3) is 28.0 Å². The summed E-state index contributed by atoms with van der Waals surface area (Å²) < 4.78 is 16.3. The van der Waals surface area contributed by atoms with Crippen LogP contribution in [0.1, 0.15) is 24.4 Å². The molecule has 1 atom stereocenters. The number of hydrogen-bond donors (Lipinski definition) is 2. The normalized spacial score (nSPS) is 12.4. The van der Waals surface area contributed by atoms with E-state index in [0.29, 0.717) is 33.7 Å². The third-order valence-electron chi connectivity index (χ3n) is 4.34. The van der Waals surface area contributed by atoms with Gasteiger partial charge in [0, 0.05) is 11.6 Å². The van der Waals surface area contributed by atoms with Crippen LogP contribution < -0.4 is 5.73 Å². The first-order valence-corrected chi connectivity index (χ1v) is 8.54. The average molecular weight is 363 g/mol. The molecule has 27 heavy (non-hydrogen) atoms. The zero-order valence-corrected chi connectivity index (χ0v) is 14.7. The van der Waals surface area contributed by atoms with Gasteiger partial charge in [-0.15, -0.1) is 0 Å². The second-order valence-corrected chi connectivity index (χ2v) is 6.33. The number of nitrogens with zero attached hydrogens (tertiary/aromatic N) is 4. The highest BCUT2D eigenvalue weighted by Gasteiger charge is 2.14. The number of aliphatic hydroxyl groups is 1. The lowest BCUT2D eigenvalue weighted by molar-refractivity contribution is 0.276. The van der Waals surface area contributed by atoms with E-state index >= 15 is 0 Å². The second-order valence-electron chi connectivity index (χ2n) is 6.33. The molecule has 6 nitrogen and oxygen atoms in total. The van der Waals surface area contributed by atoms with Crippen molar-refractivity contribution >= 4 is 10.9 Å². The minimum atomic E-state index is -0.389. The van der Waals surface area contributed by atoms with Crippen molar-refractivity contribution in [3.63, 3.8) is 0 Å². The van der Waals surface area contributed by atoms with E-state index in [0.717, 1.165) is 5.69 Å². The maximum absolute atomic E-state index is 14.7. The largest absolute Gasteiger partial charge is 0.390 e. The zero-order valence-electron chi connectivity index (χ0n) is 14.7. The fourth-order valence-electron chi connectivity index (χ4n) is 2.95. The molecule has 0 aliphatic carbocycles. The summed E-state index contributed by atoms with van der Waals surface area (Å²) in [4.78, 5) is 8.88. The lowest BCUT2D eigenvalue weighted by Crippen LogP contribution is -2.07. The molecule has 3 aromatic heterocycles. The van der Waals surface area contributed by atoms with Crippen molar-refractivity contribution in [1.29, 1.82) is 0 Å². The molecule has 0 aliphatic heterocycles. The quantitative estimate of drug-likeness (QED) is 0.581. The molecule has 136 valence electrons. The van der Waals surface area contributed by atoms with Gasteiger partial charge >= 0.3 is 0 Å². The Balaban J connectivity index is 1.89. The minimum absolute atomic E-state index is 0.180. The topological polar surface area (TPSA) is 89.8 Å². The van der Waals surface area contributed by atoms with Crippen LogP contribution >= 0.6 is 0 Å². The van der Waals surface area contributed by atoms with Crippen molar-refractivity contribution in [1.82, 2.24) is 19.7 Å². The SMILES string of the molecule is CC(N)c1cccc(-c2cc(F)c3cnn(-c4cccc(CO)n4)c3c2)n1. The molecule has 1 aromatic carbocycles. The Morgan fingerprint density at radius 2 is 1.96 bits per heavy atom. The van der Waals surface area contributed by atoms with E-state index < -0.39 is 0 Å². The standard InChI is InChI=1S/C20H18FN5O/c1-12(22)17-5-3-6-18(25-17)13-8-16(21)15-10-23-26(19(15)9-13)20-7-2-4-14(11-27)24-20/h2-10,12,27H,11,22H2,1H3. The molecule has 4 aromatic rings. The molecule has 3 heterocycles. The van der Waals surface area contributed by atoms with E-state index in [2.05, 4.69) is 15.1 Å². The van der Waals surface area contributed by atoms with Crippen LogP contribution in [-0.2, 0) is 6.61 Å². The second kappa shape index (κ2) is 6.86. The first kappa shape index (κ1) is 17.3. The monoisotopic (exact) mass is 363 g/mol. The third-order valence-corrected chi connectivity index (χ3v) is 4.34. The van der Waals surface area contributed by atoms with Crippen molar-refractivity contribution in [3.8, 4) is 17.1 Å². The molecular formula is C20H18FN5O. The number of aromatic nitrogens is 4. The number of aliphatic hydroxyl groups excluding tert-OH is 1. The first-order chi connectivity index (χ1) is 13.1. The summed E-state index contributed by atoms with van der Waals surface area (Å²) >= 11 is 0. The van der Waals surface area contributed by atoms with Gasteiger partial charge in [-0.1, -0.05) is 12.1 Å². The highest BCUT2D eigenvalue weighted by molar-refractivity contribution is 5.85. The van der Waals surface area contributed by atoms with E-state index in [9.17, 15) is 9.50 Å². The molecule has 0 aliphatic rings. The summed E-state index contributed by atoms with van der Waals surface area (Å²) in [5, 5.41) is 14.0. The first-order valence-electron chi connectivity index (χ1n) is 8.54. The zero-order chi connectivity index (χ0) is 19.0. The van der Waals surface area contributed by atoms with Gasteiger partial charge in [-0.25, -0.2) is 14.1 Å². The van der Waals surface area contributed by atoms with Gasteiger partial charge in [0.05, 0.1) is 40.8 Å². The molecule has 3 N–H and O–H groups in total. The van der Waals surface area contributed by atoms with Crippen molar-refractivity contribution in [2.45, 2.75) is 19.6 Å². The summed E-state index contributed by atoms with van der Waals surface area (Å²) in [7, 11) is 0. The molecule has 0 saturated heterocycles. The Hall–Kier alpha value is -3.16. The van der Waals surface area contributed by atoms with Crippen LogP contribution in [0.2, 0.25) is 0 Å². The maximum Gasteiger partial charge on any atom is 0.154 e. The molecule has 1 unspecified atom stereocenters. The number of benzene rings is 1. The lowest BCUT2D eigenvalue weighted by atomic mass is 10.1. The van der Waals surface area contributed by atoms with Gasteiger partial charge in [0.2, 0.25) is 0 Å². The summed E-state index contributed by atoms with van der Waals surface area (Å²) in [6.07, 6.45) is 1.47. The smallest absolute Gasteiger partial charge is 0.154 e. The Labute approximate surface area is 155 Å². The predicted octanol–water partition coefficient (Wildman–Crippen LogP) is 3.13. The van der Waals surface area contributed by atoms with Gasteiger partial charge < -0.3 is 10.8 Å². The van der Waals surface area contributed by atoms with E-state index in [4.69, 9.17) is 5.73 Å². The van der Waals surface area contributed by atoms with Crippen LogP contribution in [0.4, 0.5) is 4.39 Å². The summed E-state index contributed by atoms with van der Waals surface area (Å²) in [6, 6.07) is 13.8. The fraction of sp³-hybridized carbons (Fsp3) is 0.150. The molecule has 4 rings (SSSR count). The molecule has 0 fully saturated rings. The highest BCUT2D eigenvalue weighted by Crippen LogP contribution is 2.28. The number of rotatable bonds is 4. The van der Waals surface area contributed by atoms with Crippen molar-refractivity contribution in [2.24, 2.45) is 5.73 Å². The van der Waals surface area contributed by atoms with Gasteiger partial charge in [-0.2, -0.15) is 5.10 Å². The van der Waals surface area contributed by atoms with Crippen LogP contribution in [0.15, 0.2) is 54.7 Å². The molecule has 0 radical (unpaired) electrons. The summed E-state index contributed by atoms with van der Waals surface area (Å²) in [5.74, 6) is 0.116. The Bertz CT molecular complexity index is 1120. The van der Waals surface area contributed by atoms with Gasteiger partial charge in [-0.05, 0) is 43.3 Å². The van der Waals surface area contributed by atoms with Gasteiger partial charge in [0.15, 0.2) is 5.82 Å². The van der Waals surface area contributed by atoms with E-state index in [1.165, 1.54) is 12.3 Å². The number of pyridine rings is 2. The number of nitrogens with two attached hydrogens (primary N) is 1. The molecule has 0 spiro atoms. The van der Waals surface area contributed by atoms with Gasteiger partial charge in [0.25, 0.3) is 0 Å². The van der Waals surface area contributed by atoms with Crippen molar-refractivity contribution < 1.29 is 9.50 Å². The minimum Gasteiger partial charge on any atom is -0.390 e. The van der Waals surface area contributed by atoms with E-state index in [1.807, 2.05) is 31.2 Å². The Morgan fingerprint density at radius 1 is 1.15 bits per heavy atom. The Kier molecular flexibility index (Phi) is 4.39. The summed E-state index contributed by atoms with van der Waals surface area (Å²) in [5.41, 5.74) is 8.99.